The molecule has 1 N–H and O–H groups in total. The average Bonchev–Trinajstić information content (AvgIpc) is 3.24. The molecule has 0 amide bonds. The number of carbonyl (C=O) groups excluding carboxylic acids is 2. The molecule has 2 atom stereocenters. The highest BCUT2D eigenvalue weighted by Crippen LogP contribution is 2.34. The van der Waals surface area contributed by atoms with E-state index in [-0.39, 0.29) is 29.5 Å². The molecule has 0 aromatic carbocycles. The molecule has 27 heavy (non-hydrogen) atoms. The van der Waals surface area contributed by atoms with Crippen molar-refractivity contribution in [1.29, 1.82) is 0 Å². The summed E-state index contributed by atoms with van der Waals surface area (Å²) in [5.41, 5.74) is 0.846. The molecule has 1 fully saturated rings. The van der Waals surface area contributed by atoms with Gasteiger partial charge < -0.3 is 14.6 Å². The Hall–Kier alpha value is -1.64. The van der Waals surface area contributed by atoms with Gasteiger partial charge in [-0.1, -0.05) is 34.5 Å². The number of hydrogen-bond acceptors (Lipinski definition) is 6. The summed E-state index contributed by atoms with van der Waals surface area (Å²) in [6.45, 7) is 2.38. The number of aromatic amines is 1. The van der Waals surface area contributed by atoms with E-state index in [9.17, 15) is 14.0 Å². The molecule has 1 aliphatic rings. The van der Waals surface area contributed by atoms with Crippen molar-refractivity contribution < 1.29 is 18.7 Å². The molecule has 2 aromatic heterocycles. The van der Waals surface area contributed by atoms with Gasteiger partial charge in [0.25, 0.3) is 0 Å². The third-order valence-corrected chi connectivity index (χ3v) is 6.59. The molecule has 3 heterocycles. The minimum atomic E-state index is -1.20. The molecule has 0 unspecified atom stereocenters. The van der Waals surface area contributed by atoms with Crippen LogP contribution in [0.15, 0.2) is 6.20 Å². The first-order valence-electron chi connectivity index (χ1n) is 8.31. The number of aryl methyl sites for hydroxylation is 1. The summed E-state index contributed by atoms with van der Waals surface area (Å²) >= 11 is 13.2. The zero-order valence-electron chi connectivity index (χ0n) is 14.7. The number of thiazole rings is 1. The zero-order chi connectivity index (χ0) is 19.7. The first-order chi connectivity index (χ1) is 12.8. The summed E-state index contributed by atoms with van der Waals surface area (Å²) in [7, 11) is 1.30. The van der Waals surface area contributed by atoms with Crippen LogP contribution in [0.25, 0.3) is 0 Å². The minimum Gasteiger partial charge on any atom is -0.465 e. The Morgan fingerprint density at radius 1 is 1.44 bits per heavy atom. The molecule has 1 saturated heterocycles. The fourth-order valence-corrected chi connectivity index (χ4v) is 4.37. The summed E-state index contributed by atoms with van der Waals surface area (Å²) in [5, 5.41) is 1.07. The van der Waals surface area contributed by atoms with E-state index in [2.05, 4.69) is 14.7 Å². The van der Waals surface area contributed by atoms with Gasteiger partial charge in [0, 0.05) is 24.6 Å². The number of nitrogens with zero attached hydrogens (tertiary/aromatic N) is 2. The lowest BCUT2D eigenvalue weighted by atomic mass is 9.89. The largest absolute Gasteiger partial charge is 0.465 e. The monoisotopic (exact) mass is 433 g/mol. The normalized spacial score (nSPS) is 20.0. The van der Waals surface area contributed by atoms with Gasteiger partial charge in [-0.25, -0.2) is 14.2 Å². The van der Waals surface area contributed by atoms with Gasteiger partial charge in [-0.15, -0.1) is 0 Å². The van der Waals surface area contributed by atoms with Gasteiger partial charge >= 0.3 is 5.97 Å². The van der Waals surface area contributed by atoms with E-state index in [1.165, 1.54) is 13.3 Å². The molecule has 1 aliphatic heterocycles. The molecular weight excluding hydrogens is 416 g/mol. The van der Waals surface area contributed by atoms with Gasteiger partial charge in [0.05, 0.1) is 29.9 Å². The number of nitrogens with one attached hydrogen (secondary N) is 1. The molecule has 3 rings (SSSR count). The van der Waals surface area contributed by atoms with Crippen LogP contribution >= 0.6 is 34.5 Å². The number of piperidine rings is 1. The van der Waals surface area contributed by atoms with E-state index in [0.29, 0.717) is 33.7 Å². The number of carbonyl (C=O) groups is 2. The van der Waals surface area contributed by atoms with Crippen molar-refractivity contribution in [2.75, 3.05) is 25.1 Å². The number of halogens is 3. The Balaban J connectivity index is 1.63. The Labute approximate surface area is 169 Å². The predicted molar refractivity (Wildman–Crippen MR) is 103 cm³/mol. The third-order valence-electron chi connectivity index (χ3n) is 4.61. The lowest BCUT2D eigenvalue weighted by Crippen LogP contribution is -2.42. The fourth-order valence-electron chi connectivity index (χ4n) is 3.07. The average molecular weight is 434 g/mol. The highest BCUT2D eigenvalue weighted by Gasteiger charge is 2.33. The number of ether oxygens (including phenoxy) is 1. The quantitative estimate of drug-likeness (QED) is 0.561. The van der Waals surface area contributed by atoms with Crippen molar-refractivity contribution in [3.63, 3.8) is 0 Å². The second-order valence-corrected chi connectivity index (χ2v) is 8.15. The van der Waals surface area contributed by atoms with E-state index in [1.807, 2.05) is 0 Å². The lowest BCUT2D eigenvalue weighted by Gasteiger charge is -2.34. The highest BCUT2D eigenvalue weighted by atomic mass is 35.5. The van der Waals surface area contributed by atoms with Crippen molar-refractivity contribution in [3.05, 3.63) is 32.5 Å². The topological polar surface area (TPSA) is 75.3 Å². The summed E-state index contributed by atoms with van der Waals surface area (Å²) in [4.78, 5) is 33.2. The molecule has 2 aromatic rings. The van der Waals surface area contributed by atoms with Crippen LogP contribution in [0.2, 0.25) is 10.0 Å². The van der Waals surface area contributed by atoms with E-state index in [1.54, 1.807) is 11.8 Å². The van der Waals surface area contributed by atoms with Crippen molar-refractivity contribution in [2.24, 2.45) is 5.92 Å². The van der Waals surface area contributed by atoms with Gasteiger partial charge in [-0.2, -0.15) is 0 Å². The molecule has 0 spiro atoms. The van der Waals surface area contributed by atoms with Gasteiger partial charge in [0.1, 0.15) is 16.7 Å². The third kappa shape index (κ3) is 4.12. The van der Waals surface area contributed by atoms with Gasteiger partial charge in [0.15, 0.2) is 10.9 Å². The zero-order valence-corrected chi connectivity index (χ0v) is 17.1. The SMILES string of the molecule is COC(=O)c1cnc(N2CC[C@@H](CC(=O)c3[nH]c(C)c(Cl)c3Cl)[C@@H](F)C2)s1. The van der Waals surface area contributed by atoms with Crippen LogP contribution in [0.3, 0.4) is 0 Å². The number of rotatable bonds is 5. The maximum atomic E-state index is 14.7. The van der Waals surface area contributed by atoms with Gasteiger partial charge in [-0.3, -0.25) is 4.79 Å². The Kier molecular flexibility index (Phi) is 6.08. The Morgan fingerprint density at radius 2 is 2.19 bits per heavy atom. The molecule has 10 heteroatoms. The number of methoxy groups -OCH3 is 1. The molecule has 6 nitrogen and oxygen atoms in total. The number of H-pyrrole nitrogens is 1. The van der Waals surface area contributed by atoms with Crippen molar-refractivity contribution in [1.82, 2.24) is 9.97 Å². The number of alkyl halides is 1. The van der Waals surface area contributed by atoms with Crippen LogP contribution in [0.5, 0.6) is 0 Å². The van der Waals surface area contributed by atoms with E-state index in [4.69, 9.17) is 23.2 Å². The number of ketones is 1. The number of Topliss-reactive ketones (excluding diaryl/α,β-unsaturated/α-hetero) is 1. The second kappa shape index (κ2) is 8.16. The van der Waals surface area contributed by atoms with Crippen molar-refractivity contribution in [2.45, 2.75) is 25.9 Å². The van der Waals surface area contributed by atoms with Crippen LogP contribution < -0.4 is 4.90 Å². The minimum absolute atomic E-state index is 0.0519. The van der Waals surface area contributed by atoms with Crippen LogP contribution in [0, 0.1) is 12.8 Å². The summed E-state index contributed by atoms with van der Waals surface area (Å²) < 4.78 is 19.4. The molecule has 0 radical (unpaired) electrons. The standard InChI is InChI=1S/C17H18Cl2FN3O3S/c1-8-13(18)14(19)15(22-8)11(24)5-9-3-4-23(7-10(9)20)17-21-6-12(27-17)16(25)26-2/h6,9-10,22H,3-5,7H2,1-2H3/t9-,10-/m0/s1. The first-order valence-corrected chi connectivity index (χ1v) is 9.89. The fraction of sp³-hybridized carbons (Fsp3) is 0.471. The van der Waals surface area contributed by atoms with E-state index in [0.717, 1.165) is 11.3 Å². The maximum Gasteiger partial charge on any atom is 0.349 e. The predicted octanol–water partition coefficient (Wildman–Crippen LogP) is 4.31. The van der Waals surface area contributed by atoms with E-state index < -0.39 is 18.1 Å². The molecule has 146 valence electrons. The van der Waals surface area contributed by atoms with Crippen LogP contribution in [0.1, 0.15) is 38.7 Å². The molecule has 0 aliphatic carbocycles. The van der Waals surface area contributed by atoms with E-state index >= 15 is 0 Å². The number of anilines is 1. The summed E-state index contributed by atoms with van der Waals surface area (Å²) in [5.74, 6) is -1.13. The smallest absolute Gasteiger partial charge is 0.349 e. The summed E-state index contributed by atoms with van der Waals surface area (Å²) in [6.07, 6.45) is 0.772. The Bertz CT molecular complexity index is 870. The second-order valence-electron chi connectivity index (χ2n) is 6.39. The van der Waals surface area contributed by atoms with Crippen LogP contribution in [-0.4, -0.2) is 48.1 Å². The molecular formula is C17H18Cl2FN3O3S. The lowest BCUT2D eigenvalue weighted by molar-refractivity contribution is 0.0606. The number of aromatic nitrogens is 2. The first kappa shape index (κ1) is 20.1. The van der Waals surface area contributed by atoms with Gasteiger partial charge in [-0.05, 0) is 13.3 Å². The summed E-state index contributed by atoms with van der Waals surface area (Å²) in [6, 6.07) is 0. The molecule has 0 saturated carbocycles. The number of esters is 1. The van der Waals surface area contributed by atoms with Crippen molar-refractivity contribution in [3.8, 4) is 0 Å². The van der Waals surface area contributed by atoms with Crippen molar-refractivity contribution >= 4 is 51.4 Å². The van der Waals surface area contributed by atoms with Crippen LogP contribution in [-0.2, 0) is 4.74 Å². The van der Waals surface area contributed by atoms with Crippen LogP contribution in [0.4, 0.5) is 9.52 Å². The molecule has 0 bridgehead atoms. The Morgan fingerprint density at radius 3 is 2.78 bits per heavy atom. The maximum absolute atomic E-state index is 14.7. The number of hydrogen-bond donors (Lipinski definition) is 1. The van der Waals surface area contributed by atoms with Gasteiger partial charge in [0.2, 0.25) is 0 Å². The highest BCUT2D eigenvalue weighted by molar-refractivity contribution is 7.17.